The van der Waals surface area contributed by atoms with Crippen molar-refractivity contribution < 1.29 is 0 Å². The average molecular weight is 370 g/mol. The molecule has 1 aromatic heterocycles. The number of para-hydroxylation sites is 3. The molecule has 0 saturated carbocycles. The molecule has 0 N–H and O–H groups in total. The van der Waals surface area contributed by atoms with Gasteiger partial charge >= 0.3 is 0 Å². The molecule has 0 aliphatic carbocycles. The van der Waals surface area contributed by atoms with E-state index < -0.39 is 0 Å². The molecule has 6 rings (SSSR count). The van der Waals surface area contributed by atoms with Gasteiger partial charge < -0.3 is 0 Å². The Bertz CT molecular complexity index is 1490. The largest absolute Gasteiger partial charge is 0.292 e. The van der Waals surface area contributed by atoms with Crippen LogP contribution in [-0.2, 0) is 0 Å². The Morgan fingerprint density at radius 3 is 2.07 bits per heavy atom. The third kappa shape index (κ3) is 2.46. The first-order chi connectivity index (χ1) is 14.4. The Balaban J connectivity index is 1.79. The summed E-state index contributed by atoms with van der Waals surface area (Å²) in [5.74, 6) is 0.972. The van der Waals surface area contributed by atoms with Gasteiger partial charge in [0.25, 0.3) is 0 Å². The molecule has 0 aliphatic rings. The van der Waals surface area contributed by atoms with E-state index in [0.717, 1.165) is 28.1 Å². The molecule has 136 valence electrons. The summed E-state index contributed by atoms with van der Waals surface area (Å²) in [6, 6.07) is 38.3. The monoisotopic (exact) mass is 370 g/mol. The van der Waals surface area contributed by atoms with Gasteiger partial charge in [-0.2, -0.15) is 0 Å². The third-order valence-electron chi connectivity index (χ3n) is 5.58. The van der Waals surface area contributed by atoms with E-state index in [1.807, 2.05) is 12.1 Å². The molecular weight excluding hydrogens is 352 g/mol. The van der Waals surface area contributed by atoms with Crippen LogP contribution in [0.15, 0.2) is 109 Å². The molecule has 0 unspecified atom stereocenters. The van der Waals surface area contributed by atoms with E-state index in [1.165, 1.54) is 21.5 Å². The van der Waals surface area contributed by atoms with Crippen molar-refractivity contribution in [1.29, 1.82) is 0 Å². The highest BCUT2D eigenvalue weighted by molar-refractivity contribution is 6.13. The number of hydrogen-bond donors (Lipinski definition) is 0. The molecule has 0 bridgehead atoms. The highest BCUT2D eigenvalue weighted by Gasteiger charge is 2.17. The van der Waals surface area contributed by atoms with Crippen LogP contribution in [0, 0.1) is 0 Å². The predicted octanol–water partition coefficient (Wildman–Crippen LogP) is 7.00. The fourth-order valence-corrected chi connectivity index (χ4v) is 4.28. The molecule has 6 aromatic rings. The first kappa shape index (κ1) is 16.1. The molecule has 0 amide bonds. The molecule has 2 heteroatoms. The lowest BCUT2D eigenvalue weighted by molar-refractivity contribution is 1.11. The third-order valence-corrected chi connectivity index (χ3v) is 5.58. The number of benzene rings is 5. The van der Waals surface area contributed by atoms with Gasteiger partial charge in [-0.25, -0.2) is 4.98 Å². The van der Waals surface area contributed by atoms with Gasteiger partial charge in [0.2, 0.25) is 0 Å². The van der Waals surface area contributed by atoms with Crippen molar-refractivity contribution in [1.82, 2.24) is 9.55 Å². The predicted molar refractivity (Wildman–Crippen MR) is 122 cm³/mol. The van der Waals surface area contributed by atoms with E-state index in [2.05, 4.69) is 102 Å². The smallest absolute Gasteiger partial charge is 0.146 e. The molecule has 0 aliphatic heterocycles. The summed E-state index contributed by atoms with van der Waals surface area (Å²) in [7, 11) is 0. The van der Waals surface area contributed by atoms with Gasteiger partial charge in [-0.3, -0.25) is 4.57 Å². The second-order valence-corrected chi connectivity index (χ2v) is 7.29. The highest BCUT2D eigenvalue weighted by atomic mass is 15.1. The lowest BCUT2D eigenvalue weighted by Gasteiger charge is -2.13. The normalized spacial score (nSPS) is 11.4. The Labute approximate surface area is 168 Å². The lowest BCUT2D eigenvalue weighted by Crippen LogP contribution is -1.98. The second-order valence-electron chi connectivity index (χ2n) is 7.29. The summed E-state index contributed by atoms with van der Waals surface area (Å²) < 4.78 is 2.27. The standard InChI is InChI=1S/C27H18N2/c1-2-11-20(12-3-1)29-26-17-9-8-16-25(26)28-27(29)24-18-19-10-4-5-13-21(19)22-14-6-7-15-23(22)24/h1-18H. The highest BCUT2D eigenvalue weighted by Crippen LogP contribution is 2.37. The minimum atomic E-state index is 0.972. The SMILES string of the molecule is c1ccc(-n2c(-c3cc4ccccc4c4ccccc34)nc3ccccc32)cc1. The van der Waals surface area contributed by atoms with Gasteiger partial charge in [-0.1, -0.05) is 78.9 Å². The maximum absolute atomic E-state index is 5.08. The van der Waals surface area contributed by atoms with Gasteiger partial charge in [0.05, 0.1) is 11.0 Å². The molecule has 0 radical (unpaired) electrons. The van der Waals surface area contributed by atoms with Crippen LogP contribution in [0.4, 0.5) is 0 Å². The van der Waals surface area contributed by atoms with Crippen LogP contribution in [0.25, 0.3) is 49.7 Å². The lowest BCUT2D eigenvalue weighted by atomic mass is 9.97. The molecule has 29 heavy (non-hydrogen) atoms. The summed E-state index contributed by atoms with van der Waals surface area (Å²) in [4.78, 5) is 5.08. The second kappa shape index (κ2) is 6.32. The number of rotatable bonds is 2. The van der Waals surface area contributed by atoms with Gasteiger partial charge in [-0.15, -0.1) is 0 Å². The van der Waals surface area contributed by atoms with E-state index >= 15 is 0 Å². The molecule has 0 fully saturated rings. The summed E-state index contributed by atoms with van der Waals surface area (Å²) in [6.07, 6.45) is 0. The zero-order chi connectivity index (χ0) is 19.2. The Kier molecular flexibility index (Phi) is 3.50. The van der Waals surface area contributed by atoms with Crippen molar-refractivity contribution >= 4 is 32.6 Å². The fraction of sp³-hybridized carbons (Fsp3) is 0. The van der Waals surface area contributed by atoms with E-state index in [4.69, 9.17) is 4.98 Å². The molecule has 2 nitrogen and oxygen atoms in total. The van der Waals surface area contributed by atoms with Gasteiger partial charge in [0, 0.05) is 11.3 Å². The maximum Gasteiger partial charge on any atom is 0.146 e. The topological polar surface area (TPSA) is 17.8 Å². The summed E-state index contributed by atoms with van der Waals surface area (Å²) in [5, 5.41) is 4.98. The Hall–Kier alpha value is -3.91. The maximum atomic E-state index is 5.08. The van der Waals surface area contributed by atoms with Crippen molar-refractivity contribution in [3.8, 4) is 17.1 Å². The van der Waals surface area contributed by atoms with E-state index in [0.29, 0.717) is 0 Å². The first-order valence-corrected chi connectivity index (χ1v) is 9.84. The number of fused-ring (bicyclic) bond motifs is 4. The molecular formula is C27H18N2. The van der Waals surface area contributed by atoms with E-state index in [9.17, 15) is 0 Å². The molecule has 5 aromatic carbocycles. The molecule has 1 heterocycles. The van der Waals surface area contributed by atoms with Crippen molar-refractivity contribution in [3.63, 3.8) is 0 Å². The Morgan fingerprint density at radius 1 is 0.552 bits per heavy atom. The average Bonchev–Trinajstić information content (AvgIpc) is 3.18. The Morgan fingerprint density at radius 2 is 1.21 bits per heavy atom. The van der Waals surface area contributed by atoms with Crippen LogP contribution in [0.5, 0.6) is 0 Å². The fourth-order valence-electron chi connectivity index (χ4n) is 4.28. The van der Waals surface area contributed by atoms with Crippen molar-refractivity contribution in [3.05, 3.63) is 109 Å². The van der Waals surface area contributed by atoms with Gasteiger partial charge in [0.1, 0.15) is 5.82 Å². The zero-order valence-electron chi connectivity index (χ0n) is 15.8. The van der Waals surface area contributed by atoms with Crippen molar-refractivity contribution in [2.45, 2.75) is 0 Å². The zero-order valence-corrected chi connectivity index (χ0v) is 15.8. The van der Waals surface area contributed by atoms with Crippen molar-refractivity contribution in [2.75, 3.05) is 0 Å². The van der Waals surface area contributed by atoms with Crippen LogP contribution in [-0.4, -0.2) is 9.55 Å². The van der Waals surface area contributed by atoms with E-state index in [1.54, 1.807) is 0 Å². The number of aromatic nitrogens is 2. The minimum absolute atomic E-state index is 0.972. The summed E-state index contributed by atoms with van der Waals surface area (Å²) in [5.41, 5.74) is 4.39. The number of nitrogens with zero attached hydrogens (tertiary/aromatic N) is 2. The van der Waals surface area contributed by atoms with E-state index in [-0.39, 0.29) is 0 Å². The van der Waals surface area contributed by atoms with Gasteiger partial charge in [0.15, 0.2) is 0 Å². The molecule has 0 atom stereocenters. The van der Waals surface area contributed by atoms with Crippen LogP contribution < -0.4 is 0 Å². The van der Waals surface area contributed by atoms with Crippen LogP contribution in [0.2, 0.25) is 0 Å². The number of imidazole rings is 1. The number of hydrogen-bond acceptors (Lipinski definition) is 1. The minimum Gasteiger partial charge on any atom is -0.292 e. The van der Waals surface area contributed by atoms with Crippen LogP contribution >= 0.6 is 0 Å². The van der Waals surface area contributed by atoms with Gasteiger partial charge in [-0.05, 0) is 51.9 Å². The molecule has 0 saturated heterocycles. The summed E-state index contributed by atoms with van der Waals surface area (Å²) in [6.45, 7) is 0. The first-order valence-electron chi connectivity index (χ1n) is 9.84. The van der Waals surface area contributed by atoms with Crippen molar-refractivity contribution in [2.24, 2.45) is 0 Å². The summed E-state index contributed by atoms with van der Waals surface area (Å²) >= 11 is 0. The quantitative estimate of drug-likeness (QED) is 0.300. The molecule has 0 spiro atoms. The van der Waals surface area contributed by atoms with Crippen LogP contribution in [0.1, 0.15) is 0 Å². The van der Waals surface area contributed by atoms with Crippen LogP contribution in [0.3, 0.4) is 0 Å².